The number of nitrogens with zero attached hydrogens (tertiary/aromatic N) is 2. The molecule has 0 aromatic rings. The number of ether oxygens (including phenoxy) is 2. The van der Waals surface area contributed by atoms with Crippen molar-refractivity contribution in [2.75, 3.05) is 0 Å². The van der Waals surface area contributed by atoms with Crippen molar-refractivity contribution < 1.29 is 38.2 Å². The van der Waals surface area contributed by atoms with Crippen LogP contribution in [-0.4, -0.2) is 56.8 Å². The summed E-state index contributed by atoms with van der Waals surface area (Å²) in [5.74, 6) is -4.94. The smallest absolute Gasteiger partial charge is 0.306 e. The van der Waals surface area contributed by atoms with Crippen LogP contribution in [0.3, 0.4) is 0 Å². The molecule has 0 aliphatic rings. The Labute approximate surface area is 176 Å². The van der Waals surface area contributed by atoms with Crippen LogP contribution in [-0.2, 0) is 38.2 Å². The number of hydrogen-bond acceptors (Lipinski definition) is 8. The minimum atomic E-state index is -0.922. The Morgan fingerprint density at radius 2 is 0.833 bits per heavy atom. The molecule has 10 heteroatoms. The standard InChI is InChI=1S/C20H32N2O8/c1-13(23)21(15(25)9-11-17(27)29-19(3,4)5)22(14(2)24)16(26)10-12-18(28)30-20(6,7)8/h9-12H2,1-8H3. The molecule has 0 bridgehead atoms. The summed E-state index contributed by atoms with van der Waals surface area (Å²) in [5, 5.41) is 0.758. The Morgan fingerprint density at radius 1 is 0.567 bits per heavy atom. The summed E-state index contributed by atoms with van der Waals surface area (Å²) in [4.78, 5) is 72.6. The maximum Gasteiger partial charge on any atom is 0.306 e. The van der Waals surface area contributed by atoms with Crippen LogP contribution in [0.15, 0.2) is 0 Å². The molecule has 0 aliphatic carbocycles. The van der Waals surface area contributed by atoms with E-state index in [4.69, 9.17) is 9.47 Å². The van der Waals surface area contributed by atoms with Crippen molar-refractivity contribution in [3.05, 3.63) is 0 Å². The van der Waals surface area contributed by atoms with Crippen LogP contribution in [0, 0.1) is 0 Å². The van der Waals surface area contributed by atoms with Crippen molar-refractivity contribution >= 4 is 35.6 Å². The first kappa shape index (κ1) is 27.2. The predicted molar refractivity (Wildman–Crippen MR) is 105 cm³/mol. The van der Waals surface area contributed by atoms with Gasteiger partial charge >= 0.3 is 11.9 Å². The summed E-state index contributed by atoms with van der Waals surface area (Å²) in [7, 11) is 0. The van der Waals surface area contributed by atoms with E-state index in [1.165, 1.54) is 0 Å². The van der Waals surface area contributed by atoms with Crippen LogP contribution in [0.2, 0.25) is 0 Å². The molecule has 0 N–H and O–H groups in total. The third-order valence-electron chi connectivity index (χ3n) is 3.20. The van der Waals surface area contributed by atoms with Crippen LogP contribution >= 0.6 is 0 Å². The lowest BCUT2D eigenvalue weighted by molar-refractivity contribution is -0.179. The molecule has 0 saturated heterocycles. The molecule has 0 unspecified atom stereocenters. The molecule has 0 heterocycles. The van der Waals surface area contributed by atoms with Crippen LogP contribution in [0.25, 0.3) is 0 Å². The SMILES string of the molecule is CC(=O)N(C(=O)CCC(=O)OC(C)(C)C)N(C(C)=O)C(=O)CCC(=O)OC(C)(C)C. The van der Waals surface area contributed by atoms with Gasteiger partial charge in [-0.25, -0.2) is 0 Å². The Balaban J connectivity index is 5.23. The van der Waals surface area contributed by atoms with Gasteiger partial charge in [0.15, 0.2) is 0 Å². The van der Waals surface area contributed by atoms with Gasteiger partial charge in [-0.15, -0.1) is 0 Å². The van der Waals surface area contributed by atoms with Gasteiger partial charge in [0.1, 0.15) is 11.2 Å². The van der Waals surface area contributed by atoms with Gasteiger partial charge in [-0.3, -0.25) is 28.8 Å². The molecule has 10 nitrogen and oxygen atoms in total. The molecule has 170 valence electrons. The van der Waals surface area contributed by atoms with Gasteiger partial charge < -0.3 is 9.47 Å². The zero-order valence-corrected chi connectivity index (χ0v) is 19.0. The van der Waals surface area contributed by atoms with Gasteiger partial charge in [0.2, 0.25) is 23.6 Å². The molecular formula is C20H32N2O8. The Hall–Kier alpha value is -2.78. The molecule has 4 amide bonds. The summed E-state index contributed by atoms with van der Waals surface area (Å²) in [6.45, 7) is 12.0. The molecule has 0 fully saturated rings. The minimum Gasteiger partial charge on any atom is -0.460 e. The largest absolute Gasteiger partial charge is 0.460 e. The van der Waals surface area contributed by atoms with Crippen molar-refractivity contribution in [2.24, 2.45) is 0 Å². The van der Waals surface area contributed by atoms with E-state index in [9.17, 15) is 28.8 Å². The quantitative estimate of drug-likeness (QED) is 0.463. The number of hydrazine groups is 1. The van der Waals surface area contributed by atoms with E-state index >= 15 is 0 Å². The fraction of sp³-hybridized carbons (Fsp3) is 0.700. The number of amides is 4. The van der Waals surface area contributed by atoms with Crippen molar-refractivity contribution in [1.29, 1.82) is 0 Å². The first-order valence-corrected chi connectivity index (χ1v) is 9.55. The van der Waals surface area contributed by atoms with E-state index in [0.717, 1.165) is 13.8 Å². The zero-order chi connectivity index (χ0) is 23.9. The van der Waals surface area contributed by atoms with Crippen LogP contribution in [0.4, 0.5) is 0 Å². The molecule has 0 spiro atoms. The molecular weight excluding hydrogens is 396 g/mol. The number of carbonyl (C=O) groups excluding carboxylic acids is 6. The second-order valence-corrected chi connectivity index (χ2v) is 8.62. The van der Waals surface area contributed by atoms with E-state index in [1.807, 2.05) is 0 Å². The summed E-state index contributed by atoms with van der Waals surface area (Å²) in [6.07, 6.45) is -1.56. The lowest BCUT2D eigenvalue weighted by Gasteiger charge is -2.30. The van der Waals surface area contributed by atoms with Crippen molar-refractivity contribution in [3.8, 4) is 0 Å². The zero-order valence-electron chi connectivity index (χ0n) is 19.0. The molecule has 30 heavy (non-hydrogen) atoms. The Morgan fingerprint density at radius 3 is 1.03 bits per heavy atom. The number of carbonyl (C=O) groups is 6. The third kappa shape index (κ3) is 10.7. The first-order chi connectivity index (χ1) is 13.4. The average Bonchev–Trinajstić information content (AvgIpc) is 2.51. The highest BCUT2D eigenvalue weighted by atomic mass is 16.6. The van der Waals surface area contributed by atoms with Gasteiger partial charge in [-0.1, -0.05) is 0 Å². The van der Waals surface area contributed by atoms with Crippen molar-refractivity contribution in [3.63, 3.8) is 0 Å². The van der Waals surface area contributed by atoms with Gasteiger partial charge in [-0.05, 0) is 41.5 Å². The molecule has 0 radical (unpaired) electrons. The van der Waals surface area contributed by atoms with E-state index in [0.29, 0.717) is 10.0 Å². The van der Waals surface area contributed by atoms with E-state index in [2.05, 4.69) is 0 Å². The fourth-order valence-electron chi connectivity index (χ4n) is 2.27. The highest BCUT2D eigenvalue weighted by molar-refractivity contribution is 6.03. The van der Waals surface area contributed by atoms with Crippen LogP contribution in [0.1, 0.15) is 81.1 Å². The number of imide groups is 2. The van der Waals surface area contributed by atoms with Gasteiger partial charge in [0.05, 0.1) is 12.8 Å². The number of rotatable bonds is 6. The highest BCUT2D eigenvalue weighted by Crippen LogP contribution is 2.14. The second kappa shape index (κ2) is 10.8. The normalized spacial score (nSPS) is 11.3. The highest BCUT2D eigenvalue weighted by Gasteiger charge is 2.33. The maximum atomic E-state index is 12.5. The minimum absolute atomic E-state index is 0.336. The summed E-state index contributed by atoms with van der Waals surface area (Å²) >= 11 is 0. The summed E-state index contributed by atoms with van der Waals surface area (Å²) in [5.41, 5.74) is -1.49. The molecule has 0 rings (SSSR count). The Bertz CT molecular complexity index is 641. The third-order valence-corrected chi connectivity index (χ3v) is 3.20. The van der Waals surface area contributed by atoms with E-state index < -0.39 is 59.6 Å². The fourth-order valence-corrected chi connectivity index (χ4v) is 2.27. The topological polar surface area (TPSA) is 127 Å². The first-order valence-electron chi connectivity index (χ1n) is 9.55. The molecule has 0 aromatic heterocycles. The molecule has 0 aliphatic heterocycles. The van der Waals surface area contributed by atoms with Gasteiger partial charge in [0.25, 0.3) is 0 Å². The summed E-state index contributed by atoms with van der Waals surface area (Å²) < 4.78 is 10.2. The van der Waals surface area contributed by atoms with Crippen LogP contribution in [0.5, 0.6) is 0 Å². The second-order valence-electron chi connectivity index (χ2n) is 8.62. The van der Waals surface area contributed by atoms with Crippen molar-refractivity contribution in [1.82, 2.24) is 10.0 Å². The maximum absolute atomic E-state index is 12.5. The molecule has 0 atom stereocenters. The Kier molecular flexibility index (Phi) is 9.84. The monoisotopic (exact) mass is 428 g/mol. The van der Waals surface area contributed by atoms with Gasteiger partial charge in [-0.2, -0.15) is 10.0 Å². The number of hydrogen-bond donors (Lipinski definition) is 0. The molecule has 0 saturated carbocycles. The predicted octanol–water partition coefficient (Wildman–Crippen LogP) is 1.90. The summed E-state index contributed by atoms with van der Waals surface area (Å²) in [6, 6.07) is 0. The van der Waals surface area contributed by atoms with Crippen LogP contribution < -0.4 is 0 Å². The average molecular weight is 428 g/mol. The van der Waals surface area contributed by atoms with Crippen molar-refractivity contribution in [2.45, 2.75) is 92.3 Å². The lowest BCUT2D eigenvalue weighted by atomic mass is 10.2. The number of esters is 2. The van der Waals surface area contributed by atoms with E-state index in [-0.39, 0.29) is 12.8 Å². The van der Waals surface area contributed by atoms with Gasteiger partial charge in [0, 0.05) is 26.7 Å². The van der Waals surface area contributed by atoms with E-state index in [1.54, 1.807) is 41.5 Å². The lowest BCUT2D eigenvalue weighted by Crippen LogP contribution is -2.54. The molecule has 0 aromatic carbocycles.